The Kier molecular flexibility index (Phi) is 3.99. The highest BCUT2D eigenvalue weighted by Gasteiger charge is 2.14. The highest BCUT2D eigenvalue weighted by molar-refractivity contribution is 5.89. The largest absolute Gasteiger partial charge is 0.478 e. The fourth-order valence-electron chi connectivity index (χ4n) is 1.40. The van der Waals surface area contributed by atoms with Gasteiger partial charge in [-0.05, 0) is 18.2 Å². The Hall–Kier alpha value is -2.16. The number of nitriles is 1. The molecular weight excluding hydrogens is 230 g/mol. The molecule has 6 heteroatoms. The van der Waals surface area contributed by atoms with Crippen molar-refractivity contribution < 1.29 is 18.7 Å². The molecule has 17 heavy (non-hydrogen) atoms. The summed E-state index contributed by atoms with van der Waals surface area (Å²) in [5.41, 5.74) is 0.307. The van der Waals surface area contributed by atoms with E-state index >= 15 is 0 Å². The van der Waals surface area contributed by atoms with E-state index in [-0.39, 0.29) is 16.8 Å². The smallest absolute Gasteiger partial charge is 0.335 e. The van der Waals surface area contributed by atoms with E-state index < -0.39 is 18.9 Å². The van der Waals surface area contributed by atoms with Gasteiger partial charge < -0.3 is 10.0 Å². The number of hydrogen-bond donors (Lipinski definition) is 1. The Morgan fingerprint density at radius 2 is 2.24 bits per heavy atom. The van der Waals surface area contributed by atoms with Crippen LogP contribution in [-0.4, -0.2) is 31.1 Å². The Morgan fingerprint density at radius 3 is 2.71 bits per heavy atom. The number of carbonyl (C=O) groups is 1. The molecule has 0 aliphatic heterocycles. The Bertz CT molecular complexity index is 469. The number of hydrogen-bond acceptors (Lipinski definition) is 3. The quantitative estimate of drug-likeness (QED) is 0.873. The first kappa shape index (κ1) is 12.9. The lowest BCUT2D eigenvalue weighted by molar-refractivity contribution is 0.0696. The maximum atomic E-state index is 12.2. The number of carboxylic acid groups (broad SMARTS) is 1. The average Bonchev–Trinajstić information content (AvgIpc) is 2.27. The number of carboxylic acids is 1. The number of nitrogens with zero attached hydrogens (tertiary/aromatic N) is 2. The van der Waals surface area contributed by atoms with Gasteiger partial charge in [-0.3, -0.25) is 0 Å². The summed E-state index contributed by atoms with van der Waals surface area (Å²) in [4.78, 5) is 11.9. The van der Waals surface area contributed by atoms with E-state index in [0.717, 1.165) is 0 Å². The van der Waals surface area contributed by atoms with Gasteiger partial charge in [0.25, 0.3) is 6.43 Å². The van der Waals surface area contributed by atoms with Gasteiger partial charge in [0.05, 0.1) is 23.4 Å². The van der Waals surface area contributed by atoms with Crippen molar-refractivity contribution in [1.82, 2.24) is 0 Å². The fourth-order valence-corrected chi connectivity index (χ4v) is 1.40. The molecule has 0 heterocycles. The lowest BCUT2D eigenvalue weighted by Crippen LogP contribution is -2.24. The molecule has 0 bridgehead atoms. The maximum absolute atomic E-state index is 12.2. The molecule has 1 aromatic carbocycles. The minimum absolute atomic E-state index is 0.0456. The van der Waals surface area contributed by atoms with Crippen LogP contribution in [0.2, 0.25) is 0 Å². The lowest BCUT2D eigenvalue weighted by Gasteiger charge is -2.20. The standard InChI is InChI=1S/C11H10F2N2O2/c1-15(6-10(12)13)9-3-2-7(11(16)17)4-8(9)5-14/h2-4,10H,6H2,1H3,(H,16,17). The Labute approximate surface area is 96.7 Å². The molecule has 0 atom stereocenters. The van der Waals surface area contributed by atoms with E-state index in [0.29, 0.717) is 0 Å². The monoisotopic (exact) mass is 240 g/mol. The van der Waals surface area contributed by atoms with Crippen LogP contribution >= 0.6 is 0 Å². The molecule has 1 aromatic rings. The molecule has 1 N–H and O–H groups in total. The fraction of sp³-hybridized carbons (Fsp3) is 0.273. The number of benzene rings is 1. The van der Waals surface area contributed by atoms with Crippen molar-refractivity contribution in [1.29, 1.82) is 5.26 Å². The molecule has 0 unspecified atom stereocenters. The topological polar surface area (TPSA) is 64.3 Å². The number of halogens is 2. The normalized spacial score (nSPS) is 10.1. The lowest BCUT2D eigenvalue weighted by atomic mass is 10.1. The summed E-state index contributed by atoms with van der Waals surface area (Å²) in [6, 6.07) is 5.59. The summed E-state index contributed by atoms with van der Waals surface area (Å²) >= 11 is 0. The van der Waals surface area contributed by atoms with Gasteiger partial charge in [-0.25, -0.2) is 13.6 Å². The van der Waals surface area contributed by atoms with Crippen molar-refractivity contribution in [3.8, 4) is 6.07 Å². The van der Waals surface area contributed by atoms with Gasteiger partial charge in [-0.1, -0.05) is 0 Å². The molecule has 0 spiro atoms. The van der Waals surface area contributed by atoms with Crippen molar-refractivity contribution in [3.05, 3.63) is 29.3 Å². The number of anilines is 1. The zero-order valence-corrected chi connectivity index (χ0v) is 9.02. The molecule has 0 aromatic heterocycles. The van der Waals surface area contributed by atoms with Gasteiger partial charge in [0.15, 0.2) is 0 Å². The summed E-state index contributed by atoms with van der Waals surface area (Å²) in [5.74, 6) is -1.16. The van der Waals surface area contributed by atoms with Gasteiger partial charge in [0, 0.05) is 7.05 Å². The summed E-state index contributed by atoms with van der Waals surface area (Å²) in [6.45, 7) is -0.513. The highest BCUT2D eigenvalue weighted by Crippen LogP contribution is 2.21. The molecule has 4 nitrogen and oxygen atoms in total. The predicted octanol–water partition coefficient (Wildman–Crippen LogP) is 1.96. The van der Waals surface area contributed by atoms with Crippen LogP contribution in [0.5, 0.6) is 0 Å². The van der Waals surface area contributed by atoms with Gasteiger partial charge in [0.2, 0.25) is 0 Å². The van der Waals surface area contributed by atoms with Crippen LogP contribution < -0.4 is 4.90 Å². The van der Waals surface area contributed by atoms with Crippen molar-refractivity contribution in [2.24, 2.45) is 0 Å². The van der Waals surface area contributed by atoms with Crippen LogP contribution in [0, 0.1) is 11.3 Å². The number of aromatic carboxylic acids is 1. The van der Waals surface area contributed by atoms with Crippen LogP contribution in [0.25, 0.3) is 0 Å². The van der Waals surface area contributed by atoms with Crippen LogP contribution in [0.4, 0.5) is 14.5 Å². The minimum Gasteiger partial charge on any atom is -0.478 e. The molecule has 0 saturated carbocycles. The maximum Gasteiger partial charge on any atom is 0.335 e. The second-order valence-electron chi connectivity index (χ2n) is 3.42. The number of rotatable bonds is 4. The van der Waals surface area contributed by atoms with Crippen LogP contribution in [0.3, 0.4) is 0 Å². The van der Waals surface area contributed by atoms with Crippen molar-refractivity contribution in [2.75, 3.05) is 18.5 Å². The molecule has 0 amide bonds. The summed E-state index contributed by atoms with van der Waals surface area (Å²) < 4.78 is 24.4. The Balaban J connectivity index is 3.09. The first-order chi connectivity index (χ1) is 7.95. The summed E-state index contributed by atoms with van der Waals surface area (Å²) in [6.07, 6.45) is -2.52. The van der Waals surface area contributed by atoms with Gasteiger partial charge in [0.1, 0.15) is 6.07 Å². The first-order valence-corrected chi connectivity index (χ1v) is 4.72. The highest BCUT2D eigenvalue weighted by atomic mass is 19.3. The van der Waals surface area contributed by atoms with Crippen LogP contribution in [0.1, 0.15) is 15.9 Å². The predicted molar refractivity (Wildman–Crippen MR) is 57.4 cm³/mol. The zero-order chi connectivity index (χ0) is 13.0. The van der Waals surface area contributed by atoms with E-state index in [1.165, 1.54) is 30.1 Å². The summed E-state index contributed by atoms with van der Waals surface area (Å²) in [5, 5.41) is 17.6. The second kappa shape index (κ2) is 5.25. The SMILES string of the molecule is CN(CC(F)F)c1ccc(C(=O)O)cc1C#N. The second-order valence-corrected chi connectivity index (χ2v) is 3.42. The number of alkyl halides is 2. The third-order valence-corrected chi connectivity index (χ3v) is 2.19. The van der Waals surface area contributed by atoms with Crippen molar-refractivity contribution in [2.45, 2.75) is 6.43 Å². The van der Waals surface area contributed by atoms with Gasteiger partial charge in [-0.15, -0.1) is 0 Å². The third kappa shape index (κ3) is 3.14. The van der Waals surface area contributed by atoms with Crippen molar-refractivity contribution >= 4 is 11.7 Å². The van der Waals surface area contributed by atoms with Crippen LogP contribution in [-0.2, 0) is 0 Å². The third-order valence-electron chi connectivity index (χ3n) is 2.19. The minimum atomic E-state index is -2.52. The molecular formula is C11H10F2N2O2. The van der Waals surface area contributed by atoms with E-state index in [1.807, 2.05) is 0 Å². The average molecular weight is 240 g/mol. The first-order valence-electron chi connectivity index (χ1n) is 4.72. The summed E-state index contributed by atoms with van der Waals surface area (Å²) in [7, 11) is 1.42. The van der Waals surface area contributed by atoms with Gasteiger partial charge in [-0.2, -0.15) is 5.26 Å². The molecule has 1 rings (SSSR count). The van der Waals surface area contributed by atoms with E-state index in [1.54, 1.807) is 6.07 Å². The van der Waals surface area contributed by atoms with Gasteiger partial charge >= 0.3 is 5.97 Å². The molecule has 90 valence electrons. The zero-order valence-electron chi connectivity index (χ0n) is 9.02. The Morgan fingerprint density at radius 1 is 1.59 bits per heavy atom. The van der Waals surface area contributed by atoms with E-state index in [9.17, 15) is 13.6 Å². The van der Waals surface area contributed by atoms with E-state index in [2.05, 4.69) is 0 Å². The molecule has 0 saturated heterocycles. The molecule has 0 fully saturated rings. The van der Waals surface area contributed by atoms with E-state index in [4.69, 9.17) is 10.4 Å². The van der Waals surface area contributed by atoms with Crippen molar-refractivity contribution in [3.63, 3.8) is 0 Å². The molecule has 0 aliphatic rings. The van der Waals surface area contributed by atoms with Crippen LogP contribution in [0.15, 0.2) is 18.2 Å². The molecule has 0 aliphatic carbocycles. The molecule has 0 radical (unpaired) electrons.